The van der Waals surface area contributed by atoms with E-state index in [-0.39, 0.29) is 0 Å². The Labute approximate surface area is 134 Å². The summed E-state index contributed by atoms with van der Waals surface area (Å²) in [6.07, 6.45) is 1.000. The number of aryl methyl sites for hydroxylation is 1. The molecule has 2 nitrogen and oxygen atoms in total. The fraction of sp³-hybridized carbons (Fsp3) is 0.333. The smallest absolute Gasteiger partial charge is 0.124 e. The molecule has 1 aliphatic heterocycles. The van der Waals surface area contributed by atoms with Gasteiger partial charge in [0.25, 0.3) is 0 Å². The summed E-state index contributed by atoms with van der Waals surface area (Å²) in [7, 11) is 0. The van der Waals surface area contributed by atoms with E-state index >= 15 is 0 Å². The molecule has 0 radical (unpaired) electrons. The van der Waals surface area contributed by atoms with E-state index in [1.807, 2.05) is 12.1 Å². The zero-order valence-corrected chi connectivity index (χ0v) is 14.0. The van der Waals surface area contributed by atoms with Crippen LogP contribution in [0.4, 0.5) is 0 Å². The summed E-state index contributed by atoms with van der Waals surface area (Å²) in [5.74, 6) is 0.999. The molecule has 0 saturated carbocycles. The van der Waals surface area contributed by atoms with Gasteiger partial charge in [-0.25, -0.2) is 0 Å². The molecular formula is C18H20BrNO. The molecule has 1 aliphatic rings. The van der Waals surface area contributed by atoms with Crippen molar-refractivity contribution < 1.29 is 4.74 Å². The minimum atomic E-state index is 0.319. The van der Waals surface area contributed by atoms with Gasteiger partial charge in [-0.05, 0) is 37.6 Å². The Morgan fingerprint density at radius 1 is 1.24 bits per heavy atom. The predicted octanol–water partition coefficient (Wildman–Crippen LogP) is 4.93. The number of halogens is 1. The maximum Gasteiger partial charge on any atom is 0.124 e. The molecule has 0 spiro atoms. The minimum absolute atomic E-state index is 0.319. The van der Waals surface area contributed by atoms with Crippen LogP contribution in [0.1, 0.15) is 42.1 Å². The van der Waals surface area contributed by atoms with Gasteiger partial charge in [0, 0.05) is 28.5 Å². The molecule has 1 N–H and O–H groups in total. The van der Waals surface area contributed by atoms with Crippen molar-refractivity contribution in [1.82, 2.24) is 5.32 Å². The van der Waals surface area contributed by atoms with Crippen molar-refractivity contribution in [2.45, 2.75) is 32.4 Å². The first-order valence-corrected chi connectivity index (χ1v) is 8.17. The number of rotatable bonds is 3. The number of fused-ring (bicyclic) bond motifs is 1. The molecule has 0 amide bonds. The molecule has 21 heavy (non-hydrogen) atoms. The van der Waals surface area contributed by atoms with Crippen molar-refractivity contribution in [2.75, 3.05) is 6.61 Å². The second-order valence-corrected chi connectivity index (χ2v) is 6.59. The van der Waals surface area contributed by atoms with Gasteiger partial charge in [0.1, 0.15) is 5.75 Å². The van der Waals surface area contributed by atoms with E-state index < -0.39 is 0 Å². The maximum absolute atomic E-state index is 5.75. The van der Waals surface area contributed by atoms with E-state index in [0.717, 1.165) is 23.2 Å². The predicted molar refractivity (Wildman–Crippen MR) is 89.7 cm³/mol. The van der Waals surface area contributed by atoms with Gasteiger partial charge in [-0.2, -0.15) is 0 Å². The van der Waals surface area contributed by atoms with Gasteiger partial charge >= 0.3 is 0 Å². The van der Waals surface area contributed by atoms with Crippen molar-refractivity contribution in [1.29, 1.82) is 0 Å². The molecule has 3 heteroatoms. The van der Waals surface area contributed by atoms with Crippen molar-refractivity contribution >= 4 is 15.9 Å². The number of hydrogen-bond acceptors (Lipinski definition) is 2. The van der Waals surface area contributed by atoms with Gasteiger partial charge in [-0.3, -0.25) is 0 Å². The fourth-order valence-electron chi connectivity index (χ4n) is 2.88. The van der Waals surface area contributed by atoms with E-state index in [2.05, 4.69) is 65.4 Å². The first-order valence-electron chi connectivity index (χ1n) is 7.38. The quantitative estimate of drug-likeness (QED) is 0.851. The monoisotopic (exact) mass is 345 g/mol. The zero-order chi connectivity index (χ0) is 14.8. The third-order valence-corrected chi connectivity index (χ3v) is 4.50. The Morgan fingerprint density at radius 2 is 2.10 bits per heavy atom. The maximum atomic E-state index is 5.75. The average molecular weight is 346 g/mol. The van der Waals surface area contributed by atoms with Gasteiger partial charge in [-0.15, -0.1) is 0 Å². The second-order valence-electron chi connectivity index (χ2n) is 5.67. The lowest BCUT2D eigenvalue weighted by Gasteiger charge is -2.30. The summed E-state index contributed by atoms with van der Waals surface area (Å²) in [6.45, 7) is 5.13. The van der Waals surface area contributed by atoms with E-state index in [0.29, 0.717) is 12.1 Å². The first kappa shape index (κ1) is 14.6. The van der Waals surface area contributed by atoms with Crippen LogP contribution >= 0.6 is 15.9 Å². The molecule has 0 fully saturated rings. The summed E-state index contributed by atoms with van der Waals surface area (Å²) in [6, 6.07) is 15.6. The van der Waals surface area contributed by atoms with Gasteiger partial charge in [-0.1, -0.05) is 45.8 Å². The summed E-state index contributed by atoms with van der Waals surface area (Å²) in [5, 5.41) is 3.74. The average Bonchev–Trinajstić information content (AvgIpc) is 2.48. The molecular weight excluding hydrogens is 326 g/mol. The normalized spacial score (nSPS) is 18.7. The highest BCUT2D eigenvalue weighted by Gasteiger charge is 2.23. The molecule has 0 saturated heterocycles. The van der Waals surface area contributed by atoms with Gasteiger partial charge in [0.2, 0.25) is 0 Å². The Balaban J connectivity index is 1.81. The van der Waals surface area contributed by atoms with Crippen LogP contribution in [0, 0.1) is 6.92 Å². The summed E-state index contributed by atoms with van der Waals surface area (Å²) in [4.78, 5) is 0. The molecule has 2 aromatic carbocycles. The molecule has 0 aliphatic carbocycles. The van der Waals surface area contributed by atoms with E-state index in [9.17, 15) is 0 Å². The lowest BCUT2D eigenvalue weighted by Crippen LogP contribution is -2.29. The summed E-state index contributed by atoms with van der Waals surface area (Å²) < 4.78 is 6.85. The lowest BCUT2D eigenvalue weighted by atomic mass is 9.98. The van der Waals surface area contributed by atoms with Crippen LogP contribution in [0.15, 0.2) is 46.9 Å². The Morgan fingerprint density at radius 3 is 2.90 bits per heavy atom. The second kappa shape index (κ2) is 6.20. The van der Waals surface area contributed by atoms with Crippen LogP contribution in [-0.2, 0) is 0 Å². The number of benzene rings is 2. The van der Waals surface area contributed by atoms with Gasteiger partial charge in [0.15, 0.2) is 0 Å². The molecule has 2 aromatic rings. The lowest BCUT2D eigenvalue weighted by molar-refractivity contribution is 0.246. The van der Waals surface area contributed by atoms with Crippen molar-refractivity contribution in [3.63, 3.8) is 0 Å². The molecule has 0 bridgehead atoms. The number of ether oxygens (including phenoxy) is 1. The topological polar surface area (TPSA) is 21.3 Å². The highest BCUT2D eigenvalue weighted by molar-refractivity contribution is 9.10. The largest absolute Gasteiger partial charge is 0.493 e. The van der Waals surface area contributed by atoms with E-state index in [1.165, 1.54) is 16.7 Å². The first-order chi connectivity index (χ1) is 10.1. The van der Waals surface area contributed by atoms with Gasteiger partial charge in [0.05, 0.1) is 6.61 Å². The Bertz CT molecular complexity index is 641. The minimum Gasteiger partial charge on any atom is -0.493 e. The summed E-state index contributed by atoms with van der Waals surface area (Å²) >= 11 is 3.56. The highest BCUT2D eigenvalue weighted by Crippen LogP contribution is 2.35. The van der Waals surface area contributed by atoms with Crippen LogP contribution in [-0.4, -0.2) is 6.61 Å². The molecule has 0 aromatic heterocycles. The fourth-order valence-corrected chi connectivity index (χ4v) is 3.25. The SMILES string of the molecule is Cc1cccc([C@H](C)NC2CCOc3ccc(Br)cc32)c1. The zero-order valence-electron chi connectivity index (χ0n) is 12.4. The van der Waals surface area contributed by atoms with Crippen LogP contribution in [0.25, 0.3) is 0 Å². The van der Waals surface area contributed by atoms with Crippen LogP contribution in [0.5, 0.6) is 5.75 Å². The highest BCUT2D eigenvalue weighted by atomic mass is 79.9. The Kier molecular flexibility index (Phi) is 4.32. The van der Waals surface area contributed by atoms with Crippen LogP contribution in [0.2, 0.25) is 0 Å². The standard InChI is InChI=1S/C18H20BrNO/c1-12-4-3-5-14(10-12)13(2)20-17-8-9-21-18-7-6-15(19)11-16(17)18/h3-7,10-11,13,17,20H,8-9H2,1-2H3/t13-,17?/m0/s1. The molecule has 2 atom stereocenters. The number of nitrogens with one attached hydrogen (secondary N) is 1. The van der Waals surface area contributed by atoms with E-state index in [1.54, 1.807) is 0 Å². The number of hydrogen-bond donors (Lipinski definition) is 1. The molecule has 3 rings (SSSR count). The van der Waals surface area contributed by atoms with Crippen molar-refractivity contribution in [2.24, 2.45) is 0 Å². The third kappa shape index (κ3) is 3.30. The van der Waals surface area contributed by atoms with Crippen molar-refractivity contribution in [3.8, 4) is 5.75 Å². The third-order valence-electron chi connectivity index (χ3n) is 4.00. The summed E-state index contributed by atoms with van der Waals surface area (Å²) in [5.41, 5.74) is 3.88. The van der Waals surface area contributed by atoms with E-state index in [4.69, 9.17) is 4.74 Å². The van der Waals surface area contributed by atoms with Crippen LogP contribution < -0.4 is 10.1 Å². The van der Waals surface area contributed by atoms with Crippen LogP contribution in [0.3, 0.4) is 0 Å². The molecule has 110 valence electrons. The molecule has 1 heterocycles. The Hall–Kier alpha value is -1.32. The molecule has 1 unspecified atom stereocenters. The van der Waals surface area contributed by atoms with Gasteiger partial charge < -0.3 is 10.1 Å². The van der Waals surface area contributed by atoms with Crippen molar-refractivity contribution in [3.05, 3.63) is 63.6 Å².